The molecule has 0 fully saturated rings. The number of hydrogen-bond acceptors (Lipinski definition) is 0. The minimum absolute atomic E-state index is 0.931. The molecule has 0 aliphatic rings. The molecule has 0 aliphatic heterocycles. The Balaban J connectivity index is 3.47. The van der Waals surface area contributed by atoms with Gasteiger partial charge in [-0.05, 0) is 37.5 Å². The maximum Gasteiger partial charge on any atom is -0.0348 e. The molecule has 0 nitrogen and oxygen atoms in total. The Labute approximate surface area is 193 Å². The van der Waals surface area contributed by atoms with Crippen LogP contribution in [0.1, 0.15) is 169 Å². The summed E-state index contributed by atoms with van der Waals surface area (Å²) in [7, 11) is 0. The van der Waals surface area contributed by atoms with Crippen molar-refractivity contribution < 1.29 is 0 Å². The van der Waals surface area contributed by atoms with Crippen LogP contribution in [0.4, 0.5) is 0 Å². The molecule has 0 heterocycles. The van der Waals surface area contributed by atoms with E-state index >= 15 is 0 Å². The van der Waals surface area contributed by atoms with E-state index in [9.17, 15) is 0 Å². The van der Waals surface area contributed by atoms with Crippen LogP contribution in [0, 0.1) is 11.8 Å². The Morgan fingerprint density at radius 3 is 1.53 bits per heavy atom. The monoisotopic (exact) mass is 420 g/mol. The van der Waals surface area contributed by atoms with Gasteiger partial charge in [0.1, 0.15) is 0 Å². The van der Waals surface area contributed by atoms with Gasteiger partial charge in [0.05, 0.1) is 0 Å². The molecule has 0 aliphatic carbocycles. The van der Waals surface area contributed by atoms with Crippen LogP contribution in [0.15, 0.2) is 12.2 Å². The lowest BCUT2D eigenvalue weighted by atomic mass is 9.93. The molecule has 0 N–H and O–H groups in total. The fraction of sp³-hybridized carbons (Fsp3) is 0.933. The van der Waals surface area contributed by atoms with Crippen molar-refractivity contribution in [2.45, 2.75) is 169 Å². The number of unbranched alkanes of at least 4 members (excludes halogenated alkanes) is 13. The fourth-order valence-corrected chi connectivity index (χ4v) is 4.69. The maximum absolute atomic E-state index is 2.48. The third-order valence-electron chi connectivity index (χ3n) is 7.07. The van der Waals surface area contributed by atoms with Crippen molar-refractivity contribution in [1.29, 1.82) is 0 Å². The normalized spacial score (nSPS) is 13.9. The van der Waals surface area contributed by atoms with Crippen LogP contribution in [0.5, 0.6) is 0 Å². The summed E-state index contributed by atoms with van der Waals surface area (Å²) in [5, 5.41) is 0. The smallest absolute Gasteiger partial charge is 0.0348 e. The minimum atomic E-state index is 0.931. The second-order valence-corrected chi connectivity index (χ2v) is 10.2. The van der Waals surface area contributed by atoms with Gasteiger partial charge >= 0.3 is 0 Å². The summed E-state index contributed by atoms with van der Waals surface area (Å²) >= 11 is 0. The molecule has 0 saturated heterocycles. The molecular weight excluding hydrogens is 360 g/mol. The maximum atomic E-state index is 2.48. The zero-order chi connectivity index (χ0) is 22.1. The molecular formula is C30H60. The van der Waals surface area contributed by atoms with Gasteiger partial charge < -0.3 is 0 Å². The summed E-state index contributed by atoms with van der Waals surface area (Å²) < 4.78 is 0. The van der Waals surface area contributed by atoms with Gasteiger partial charge in [0.2, 0.25) is 0 Å². The van der Waals surface area contributed by atoms with Gasteiger partial charge in [0.15, 0.2) is 0 Å². The van der Waals surface area contributed by atoms with Crippen LogP contribution in [-0.4, -0.2) is 0 Å². The van der Waals surface area contributed by atoms with Crippen LogP contribution in [0.25, 0.3) is 0 Å². The van der Waals surface area contributed by atoms with E-state index in [2.05, 4.69) is 39.8 Å². The zero-order valence-corrected chi connectivity index (χ0v) is 21.9. The first-order valence-electron chi connectivity index (χ1n) is 14.4. The molecule has 0 spiro atoms. The molecule has 0 heteroatoms. The standard InChI is InChI=1S/C30H60/c1-5-8-10-12-13-14-15-16-19-23-27-30(7-3)28-24-20-17-18-22-26-29(4)25-21-11-9-6-2/h17,20,29-30H,5-16,18-19,21-28H2,1-4H3. The lowest BCUT2D eigenvalue weighted by Gasteiger charge is -2.13. The number of allylic oxidation sites excluding steroid dienone is 2. The van der Waals surface area contributed by atoms with Crippen molar-refractivity contribution in [3.63, 3.8) is 0 Å². The van der Waals surface area contributed by atoms with Crippen molar-refractivity contribution in [1.82, 2.24) is 0 Å². The molecule has 0 aromatic carbocycles. The average Bonchev–Trinajstić information content (AvgIpc) is 2.75. The predicted molar refractivity (Wildman–Crippen MR) is 140 cm³/mol. The largest absolute Gasteiger partial charge is 0.0885 e. The summed E-state index contributed by atoms with van der Waals surface area (Å²) in [6.45, 7) is 9.45. The van der Waals surface area contributed by atoms with Crippen LogP contribution in [0.2, 0.25) is 0 Å². The summed E-state index contributed by atoms with van der Waals surface area (Å²) in [5.74, 6) is 1.90. The van der Waals surface area contributed by atoms with E-state index in [4.69, 9.17) is 0 Å². The Morgan fingerprint density at radius 1 is 0.467 bits per heavy atom. The Morgan fingerprint density at radius 2 is 0.933 bits per heavy atom. The van der Waals surface area contributed by atoms with Gasteiger partial charge in [-0.1, -0.05) is 155 Å². The SMILES string of the molecule is CCCCCCCCCCCCC(CC)CCC=CCCCC(C)CCCCCC. The van der Waals surface area contributed by atoms with Crippen molar-refractivity contribution >= 4 is 0 Å². The van der Waals surface area contributed by atoms with Gasteiger partial charge in [-0.15, -0.1) is 0 Å². The van der Waals surface area contributed by atoms with Crippen LogP contribution >= 0.6 is 0 Å². The highest BCUT2D eigenvalue weighted by Gasteiger charge is 2.05. The molecule has 30 heavy (non-hydrogen) atoms. The Bertz CT molecular complexity index is 329. The van der Waals surface area contributed by atoms with E-state index in [0.29, 0.717) is 0 Å². The lowest BCUT2D eigenvalue weighted by molar-refractivity contribution is 0.414. The van der Waals surface area contributed by atoms with Gasteiger partial charge in [0.25, 0.3) is 0 Å². The summed E-state index contributed by atoms with van der Waals surface area (Å²) in [6, 6.07) is 0. The molecule has 0 radical (unpaired) electrons. The topological polar surface area (TPSA) is 0 Å². The highest BCUT2D eigenvalue weighted by Crippen LogP contribution is 2.21. The predicted octanol–water partition coefficient (Wildman–Crippen LogP) is 11.4. The van der Waals surface area contributed by atoms with Crippen molar-refractivity contribution in [3.8, 4) is 0 Å². The highest BCUT2D eigenvalue weighted by atomic mass is 14.1. The molecule has 180 valence electrons. The van der Waals surface area contributed by atoms with Crippen LogP contribution in [-0.2, 0) is 0 Å². The molecule has 2 atom stereocenters. The second-order valence-electron chi connectivity index (χ2n) is 10.2. The Kier molecular flexibility index (Phi) is 24.8. The van der Waals surface area contributed by atoms with Gasteiger partial charge in [-0.2, -0.15) is 0 Å². The molecule has 0 aromatic heterocycles. The summed E-state index contributed by atoms with van der Waals surface area (Å²) in [4.78, 5) is 0. The molecule has 0 rings (SSSR count). The molecule has 0 aromatic rings. The molecule has 0 amide bonds. The first kappa shape index (κ1) is 29.7. The van der Waals surface area contributed by atoms with Crippen LogP contribution < -0.4 is 0 Å². The third kappa shape index (κ3) is 22.4. The summed E-state index contributed by atoms with van der Waals surface area (Å²) in [6.07, 6.45) is 36.3. The minimum Gasteiger partial charge on any atom is -0.0885 e. The van der Waals surface area contributed by atoms with E-state index in [1.807, 2.05) is 0 Å². The fourth-order valence-electron chi connectivity index (χ4n) is 4.69. The van der Waals surface area contributed by atoms with Gasteiger partial charge in [0, 0.05) is 0 Å². The van der Waals surface area contributed by atoms with Crippen molar-refractivity contribution in [2.75, 3.05) is 0 Å². The lowest BCUT2D eigenvalue weighted by Crippen LogP contribution is -1.98. The van der Waals surface area contributed by atoms with E-state index in [1.165, 1.54) is 141 Å². The van der Waals surface area contributed by atoms with E-state index in [0.717, 1.165) is 11.8 Å². The average molecular weight is 421 g/mol. The number of rotatable bonds is 24. The van der Waals surface area contributed by atoms with E-state index < -0.39 is 0 Å². The van der Waals surface area contributed by atoms with E-state index in [-0.39, 0.29) is 0 Å². The van der Waals surface area contributed by atoms with Crippen molar-refractivity contribution in [3.05, 3.63) is 12.2 Å². The van der Waals surface area contributed by atoms with E-state index in [1.54, 1.807) is 0 Å². The molecule has 0 bridgehead atoms. The highest BCUT2D eigenvalue weighted by molar-refractivity contribution is 4.82. The van der Waals surface area contributed by atoms with Gasteiger partial charge in [-0.25, -0.2) is 0 Å². The quantitative estimate of drug-likeness (QED) is 0.107. The first-order valence-corrected chi connectivity index (χ1v) is 14.4. The summed E-state index contributed by atoms with van der Waals surface area (Å²) in [5.41, 5.74) is 0. The van der Waals surface area contributed by atoms with Gasteiger partial charge in [-0.3, -0.25) is 0 Å². The number of hydrogen-bond donors (Lipinski definition) is 0. The second kappa shape index (κ2) is 25.0. The van der Waals surface area contributed by atoms with Crippen LogP contribution in [0.3, 0.4) is 0 Å². The molecule has 0 saturated carbocycles. The third-order valence-corrected chi connectivity index (χ3v) is 7.07. The molecule has 2 unspecified atom stereocenters. The first-order chi connectivity index (χ1) is 14.7. The Hall–Kier alpha value is -0.260. The van der Waals surface area contributed by atoms with Crippen molar-refractivity contribution in [2.24, 2.45) is 11.8 Å². The zero-order valence-electron chi connectivity index (χ0n) is 21.9.